The van der Waals surface area contributed by atoms with Crippen LogP contribution in [0.25, 0.3) is 16.6 Å². The second-order valence-corrected chi connectivity index (χ2v) is 12.3. The average Bonchev–Trinajstić information content (AvgIpc) is 3.46. The lowest BCUT2D eigenvalue weighted by molar-refractivity contribution is -0.598. The summed E-state index contributed by atoms with van der Waals surface area (Å²) in [4.78, 5) is 49.1. The van der Waals surface area contributed by atoms with E-state index in [0.29, 0.717) is 22.9 Å². The number of nitrogens with zero attached hydrogens (tertiary/aromatic N) is 6. The number of rotatable bonds is 9. The van der Waals surface area contributed by atoms with Gasteiger partial charge in [0, 0.05) is 27.2 Å². The first-order chi connectivity index (χ1) is 20.9. The Kier molecular flexibility index (Phi) is 7.96. The standard InChI is InChI=1S/C27H22N8O5S3/c1-40-33-19(18-13-43-27(28)30-18)23(36)31-20-24(37)35-21(26(38)39)15(12-42-25(20)35)11-41-16-6-8-34(9-7-16)22-17-5-3-2-4-14(17)10-29-32-22/h2-10,13,20,25H,11-12H2,1H3,(H3-,28,30,31,36,38,39)/b33-19-/t20-,25-/m1/s1. The topological polar surface area (TPSA) is 180 Å². The van der Waals surface area contributed by atoms with Gasteiger partial charge >= 0.3 is 5.82 Å². The van der Waals surface area contributed by atoms with Crippen molar-refractivity contribution in [2.24, 2.45) is 5.16 Å². The quantitative estimate of drug-likeness (QED) is 0.0860. The molecule has 2 amide bonds. The summed E-state index contributed by atoms with van der Waals surface area (Å²) in [5.74, 6) is -1.32. The summed E-state index contributed by atoms with van der Waals surface area (Å²) < 4.78 is 1.87. The van der Waals surface area contributed by atoms with E-state index in [2.05, 4.69) is 25.7 Å². The molecule has 0 unspecified atom stereocenters. The fourth-order valence-corrected chi connectivity index (χ4v) is 7.63. The first kappa shape index (κ1) is 28.6. The number of anilines is 1. The number of nitrogens with one attached hydrogen (secondary N) is 1. The van der Waals surface area contributed by atoms with Gasteiger partial charge in [-0.15, -0.1) is 34.9 Å². The van der Waals surface area contributed by atoms with Gasteiger partial charge in [-0.2, -0.15) is 0 Å². The van der Waals surface area contributed by atoms with Crippen molar-refractivity contribution in [1.29, 1.82) is 0 Å². The second-order valence-electron chi connectivity index (χ2n) is 9.28. The van der Waals surface area contributed by atoms with Crippen LogP contribution in [0.15, 0.2) is 81.7 Å². The van der Waals surface area contributed by atoms with Gasteiger partial charge in [-0.25, -0.2) is 9.55 Å². The highest BCUT2D eigenvalue weighted by molar-refractivity contribution is 8.01. The number of carbonyl (C=O) groups excluding carboxylic acids is 3. The van der Waals surface area contributed by atoms with E-state index in [0.717, 1.165) is 27.0 Å². The number of thiazole rings is 1. The van der Waals surface area contributed by atoms with E-state index in [1.54, 1.807) is 11.6 Å². The Morgan fingerprint density at radius 3 is 2.79 bits per heavy atom. The SMILES string of the molecule is CO/N=C(\C(=O)N[C@@H]1C(=O)N2C(C(=O)[O-])=C(CSc3cc[n+](-c4nncc5ccccc45)cc3)CS[C@H]12)c1csc(N)n1. The Morgan fingerprint density at radius 1 is 1.28 bits per heavy atom. The van der Waals surface area contributed by atoms with Crippen LogP contribution in [0, 0.1) is 0 Å². The lowest BCUT2D eigenvalue weighted by Crippen LogP contribution is -2.71. The first-order valence-electron chi connectivity index (χ1n) is 12.7. The molecule has 2 aliphatic heterocycles. The van der Waals surface area contributed by atoms with Crippen LogP contribution in [0.2, 0.25) is 0 Å². The molecule has 2 atom stereocenters. The number of pyridine rings is 1. The van der Waals surface area contributed by atoms with Gasteiger partial charge in [0.05, 0.1) is 40.7 Å². The summed E-state index contributed by atoms with van der Waals surface area (Å²) in [6, 6.07) is 10.7. The van der Waals surface area contributed by atoms with Gasteiger partial charge in [0.15, 0.2) is 10.8 Å². The summed E-state index contributed by atoms with van der Waals surface area (Å²) in [6.45, 7) is 0. The molecule has 43 heavy (non-hydrogen) atoms. The lowest BCUT2D eigenvalue weighted by Gasteiger charge is -2.50. The molecule has 0 radical (unpaired) electrons. The van der Waals surface area contributed by atoms with Crippen molar-refractivity contribution in [2.75, 3.05) is 24.3 Å². The predicted molar refractivity (Wildman–Crippen MR) is 159 cm³/mol. The van der Waals surface area contributed by atoms with E-state index in [9.17, 15) is 19.5 Å². The zero-order valence-electron chi connectivity index (χ0n) is 22.4. The van der Waals surface area contributed by atoms with E-state index in [-0.39, 0.29) is 22.2 Å². The minimum absolute atomic E-state index is 0.146. The predicted octanol–water partition coefficient (Wildman–Crippen LogP) is 0.492. The Hall–Kier alpha value is -4.54. The maximum Gasteiger partial charge on any atom is 0.363 e. The van der Waals surface area contributed by atoms with Crippen LogP contribution in [0.3, 0.4) is 0 Å². The molecular weight excluding hydrogens is 613 g/mol. The first-order valence-corrected chi connectivity index (χ1v) is 15.6. The maximum absolute atomic E-state index is 13.1. The Labute approximate surface area is 256 Å². The maximum atomic E-state index is 13.1. The van der Waals surface area contributed by atoms with Crippen molar-refractivity contribution in [3.05, 3.63) is 77.3 Å². The third-order valence-corrected chi connectivity index (χ3v) is 9.81. The highest BCUT2D eigenvalue weighted by Gasteiger charge is 2.53. The molecule has 6 rings (SSSR count). The molecular formula is C27H22N8O5S3. The van der Waals surface area contributed by atoms with E-state index in [1.165, 1.54) is 35.5 Å². The number of β-lactam (4-membered cyclic amide) rings is 1. The van der Waals surface area contributed by atoms with Gasteiger partial charge in [-0.1, -0.05) is 23.4 Å². The lowest BCUT2D eigenvalue weighted by atomic mass is 10.0. The fourth-order valence-electron chi connectivity index (χ4n) is 4.71. The van der Waals surface area contributed by atoms with Gasteiger partial charge in [0.1, 0.15) is 24.2 Å². The number of hydrogen-bond acceptors (Lipinski definition) is 13. The van der Waals surface area contributed by atoms with Crippen molar-refractivity contribution in [3.63, 3.8) is 0 Å². The molecule has 0 aliphatic carbocycles. The number of hydrogen-bond donors (Lipinski definition) is 2. The van der Waals surface area contributed by atoms with Crippen LogP contribution in [0.1, 0.15) is 5.69 Å². The molecule has 2 aliphatic rings. The number of carboxylic acids is 1. The summed E-state index contributed by atoms with van der Waals surface area (Å²) >= 11 is 3.92. The number of fused-ring (bicyclic) bond motifs is 2. The molecule has 218 valence electrons. The van der Waals surface area contributed by atoms with Crippen molar-refractivity contribution >= 4 is 74.3 Å². The van der Waals surface area contributed by atoms with E-state index >= 15 is 0 Å². The molecule has 0 bridgehead atoms. The van der Waals surface area contributed by atoms with E-state index < -0.39 is 29.2 Å². The van der Waals surface area contributed by atoms with Gasteiger partial charge < -0.3 is 25.8 Å². The number of amides is 2. The molecule has 1 saturated heterocycles. The number of carbonyl (C=O) groups is 3. The monoisotopic (exact) mass is 634 g/mol. The summed E-state index contributed by atoms with van der Waals surface area (Å²) in [6.07, 6.45) is 5.45. The number of aliphatic carboxylic acids is 1. The average molecular weight is 635 g/mol. The third kappa shape index (κ3) is 5.51. The van der Waals surface area contributed by atoms with Crippen LogP contribution >= 0.6 is 34.9 Å². The van der Waals surface area contributed by atoms with Gasteiger partial charge in [0.25, 0.3) is 11.8 Å². The zero-order valence-corrected chi connectivity index (χ0v) is 24.8. The van der Waals surface area contributed by atoms with Crippen LogP contribution in [0.4, 0.5) is 5.13 Å². The Balaban J connectivity index is 1.14. The van der Waals surface area contributed by atoms with Crippen LogP contribution < -0.4 is 20.7 Å². The number of benzene rings is 1. The number of oxime groups is 1. The smallest absolute Gasteiger partial charge is 0.363 e. The number of nitrogens with two attached hydrogens (primary N) is 1. The molecule has 3 N–H and O–H groups in total. The van der Waals surface area contributed by atoms with Crippen LogP contribution in [-0.2, 0) is 19.2 Å². The van der Waals surface area contributed by atoms with Crippen molar-refractivity contribution in [2.45, 2.75) is 16.3 Å². The van der Waals surface area contributed by atoms with Gasteiger partial charge in [-0.05, 0) is 28.9 Å². The number of aromatic nitrogens is 4. The second kappa shape index (κ2) is 12.0. The van der Waals surface area contributed by atoms with Crippen molar-refractivity contribution in [1.82, 2.24) is 25.4 Å². The fraction of sp³-hybridized carbons (Fsp3) is 0.185. The van der Waals surface area contributed by atoms with Crippen molar-refractivity contribution < 1.29 is 28.9 Å². The Bertz CT molecular complexity index is 1800. The number of carboxylic acid groups (broad SMARTS) is 1. The molecule has 13 nitrogen and oxygen atoms in total. The van der Waals surface area contributed by atoms with E-state index in [4.69, 9.17) is 10.6 Å². The molecule has 5 heterocycles. The van der Waals surface area contributed by atoms with Gasteiger partial charge in [-0.3, -0.25) is 14.5 Å². The summed E-state index contributed by atoms with van der Waals surface area (Å²) in [7, 11) is 1.28. The largest absolute Gasteiger partial charge is 0.543 e. The summed E-state index contributed by atoms with van der Waals surface area (Å²) in [5, 5.41) is 30.0. The summed E-state index contributed by atoms with van der Waals surface area (Å²) in [5.41, 5.74) is 6.12. The number of thioether (sulfide) groups is 2. The van der Waals surface area contributed by atoms with Crippen LogP contribution in [-0.4, -0.2) is 73.6 Å². The third-order valence-electron chi connectivity index (χ3n) is 6.70. The normalized spacial score (nSPS) is 18.3. The minimum Gasteiger partial charge on any atom is -0.543 e. The molecule has 1 fully saturated rings. The highest BCUT2D eigenvalue weighted by Crippen LogP contribution is 2.41. The molecule has 0 saturated carbocycles. The molecule has 4 aromatic rings. The minimum atomic E-state index is -1.45. The number of nitrogen functional groups attached to an aromatic ring is 1. The molecule has 3 aromatic heterocycles. The van der Waals surface area contributed by atoms with Crippen LogP contribution in [0.5, 0.6) is 0 Å². The zero-order chi connectivity index (χ0) is 30.1. The van der Waals surface area contributed by atoms with Gasteiger partial charge in [0.2, 0.25) is 0 Å². The Morgan fingerprint density at radius 2 is 2.07 bits per heavy atom. The van der Waals surface area contributed by atoms with Crippen molar-refractivity contribution in [3.8, 4) is 5.82 Å². The highest BCUT2D eigenvalue weighted by atomic mass is 32.2. The molecule has 16 heteroatoms. The molecule has 0 spiro atoms. The van der Waals surface area contributed by atoms with E-state index in [1.807, 2.05) is 53.4 Å². The molecule has 1 aromatic carbocycles.